The molecule has 0 unspecified atom stereocenters. The van der Waals surface area contributed by atoms with Crippen LogP contribution in [0, 0.1) is 0 Å². The van der Waals surface area contributed by atoms with Crippen LogP contribution < -0.4 is 17.2 Å². The van der Waals surface area contributed by atoms with Gasteiger partial charge in [-0.05, 0) is 11.8 Å². The smallest absolute Gasteiger partial charge is 0.0166 e. The van der Waals surface area contributed by atoms with Gasteiger partial charge in [-0.1, -0.05) is 0 Å². The molecule has 6 N–H and O–H groups in total. The van der Waals surface area contributed by atoms with Gasteiger partial charge in [0.05, 0.1) is 0 Å². The summed E-state index contributed by atoms with van der Waals surface area (Å²) in [5.41, 5.74) is 16.3. The fraction of sp³-hybridized carbons (Fsp3) is 0.500. The molecule has 0 bridgehead atoms. The van der Waals surface area contributed by atoms with Crippen LogP contribution in [0.15, 0.2) is 11.8 Å². The van der Waals surface area contributed by atoms with Gasteiger partial charge in [0, 0.05) is 13.1 Å². The van der Waals surface area contributed by atoms with Gasteiger partial charge >= 0.3 is 0 Å². The monoisotopic (exact) mass is 101 g/mol. The molecule has 7 heavy (non-hydrogen) atoms. The molecule has 0 saturated carbocycles. The van der Waals surface area contributed by atoms with Crippen molar-refractivity contribution in [1.29, 1.82) is 0 Å². The normalized spacial score (nSPS) is 8.29. The Hall–Kier alpha value is -0.540. The van der Waals surface area contributed by atoms with Crippen molar-refractivity contribution in [2.75, 3.05) is 13.1 Å². The van der Waals surface area contributed by atoms with E-state index in [1.54, 1.807) is 0 Å². The summed E-state index contributed by atoms with van der Waals surface area (Å²) in [4.78, 5) is 0. The van der Waals surface area contributed by atoms with Gasteiger partial charge in [-0.25, -0.2) is 0 Å². The van der Waals surface area contributed by atoms with Crippen molar-refractivity contribution < 1.29 is 0 Å². The molecule has 0 radical (unpaired) electrons. The van der Waals surface area contributed by atoms with E-state index in [9.17, 15) is 0 Å². The molecule has 0 atom stereocenters. The van der Waals surface area contributed by atoms with E-state index >= 15 is 0 Å². The zero-order valence-corrected chi connectivity index (χ0v) is 4.22. The Morgan fingerprint density at radius 3 is 1.71 bits per heavy atom. The maximum atomic E-state index is 5.17. The lowest BCUT2D eigenvalue weighted by Crippen LogP contribution is -2.13. The molecule has 0 fully saturated rings. The van der Waals surface area contributed by atoms with E-state index < -0.39 is 0 Å². The Morgan fingerprint density at radius 2 is 1.71 bits per heavy atom. The molecule has 0 aliphatic carbocycles. The third kappa shape index (κ3) is 2.19. The van der Waals surface area contributed by atoms with Crippen molar-refractivity contribution >= 4 is 0 Å². The van der Waals surface area contributed by atoms with Crippen molar-refractivity contribution in [2.24, 2.45) is 17.2 Å². The molecule has 0 aromatic heterocycles. The highest BCUT2D eigenvalue weighted by molar-refractivity contribution is 5.01. The SMILES string of the molecule is NC=C(CN)CN. The molecule has 42 valence electrons. The quantitative estimate of drug-likeness (QED) is 0.406. The van der Waals surface area contributed by atoms with E-state index in [0.29, 0.717) is 13.1 Å². The first kappa shape index (κ1) is 6.46. The average molecular weight is 101 g/mol. The lowest BCUT2D eigenvalue weighted by molar-refractivity contribution is 1.03. The molecular formula is C4H11N3. The van der Waals surface area contributed by atoms with E-state index in [1.165, 1.54) is 6.20 Å². The summed E-state index contributed by atoms with van der Waals surface area (Å²) in [6.07, 6.45) is 1.44. The first-order valence-corrected chi connectivity index (χ1v) is 2.15. The molecule has 0 aliphatic heterocycles. The topological polar surface area (TPSA) is 78.1 Å². The van der Waals surface area contributed by atoms with Gasteiger partial charge in [0.1, 0.15) is 0 Å². The molecule has 3 nitrogen and oxygen atoms in total. The van der Waals surface area contributed by atoms with Crippen molar-refractivity contribution in [3.05, 3.63) is 11.8 Å². The molecule has 0 saturated heterocycles. The van der Waals surface area contributed by atoms with E-state index in [-0.39, 0.29) is 0 Å². The number of hydrogen-bond acceptors (Lipinski definition) is 3. The van der Waals surface area contributed by atoms with Crippen LogP contribution in [-0.2, 0) is 0 Å². The minimum absolute atomic E-state index is 0.465. The first-order chi connectivity index (χ1) is 3.35. The maximum Gasteiger partial charge on any atom is 0.0166 e. The molecule has 0 aromatic carbocycles. The van der Waals surface area contributed by atoms with E-state index in [1.807, 2.05) is 0 Å². The van der Waals surface area contributed by atoms with Crippen LogP contribution in [0.5, 0.6) is 0 Å². The van der Waals surface area contributed by atoms with Gasteiger partial charge in [-0.15, -0.1) is 0 Å². The van der Waals surface area contributed by atoms with Crippen LogP contribution in [0.4, 0.5) is 0 Å². The summed E-state index contributed by atoms with van der Waals surface area (Å²) in [6, 6.07) is 0. The van der Waals surface area contributed by atoms with Crippen LogP contribution >= 0.6 is 0 Å². The summed E-state index contributed by atoms with van der Waals surface area (Å²) < 4.78 is 0. The Kier molecular flexibility index (Phi) is 3.36. The fourth-order valence-corrected chi connectivity index (χ4v) is 0.219. The molecule has 3 heteroatoms. The highest BCUT2D eigenvalue weighted by atomic mass is 14.6. The van der Waals surface area contributed by atoms with Crippen LogP contribution in [-0.4, -0.2) is 13.1 Å². The highest BCUT2D eigenvalue weighted by Gasteiger charge is 1.83. The largest absolute Gasteiger partial charge is 0.405 e. The van der Waals surface area contributed by atoms with Crippen LogP contribution in [0.2, 0.25) is 0 Å². The number of hydrogen-bond donors (Lipinski definition) is 3. The van der Waals surface area contributed by atoms with E-state index in [0.717, 1.165) is 5.57 Å². The summed E-state index contributed by atoms with van der Waals surface area (Å²) in [5, 5.41) is 0. The summed E-state index contributed by atoms with van der Waals surface area (Å²) in [6.45, 7) is 0.931. The third-order valence-corrected chi connectivity index (χ3v) is 0.760. The predicted molar refractivity (Wildman–Crippen MR) is 30.4 cm³/mol. The average Bonchev–Trinajstić information content (AvgIpc) is 1.72. The summed E-state index contributed by atoms with van der Waals surface area (Å²) >= 11 is 0. The van der Waals surface area contributed by atoms with Crippen LogP contribution in [0.3, 0.4) is 0 Å². The molecular weight excluding hydrogens is 90.1 g/mol. The molecule has 0 aliphatic rings. The lowest BCUT2D eigenvalue weighted by atomic mass is 10.3. The Morgan fingerprint density at radius 1 is 1.29 bits per heavy atom. The molecule has 0 rings (SSSR count). The second-order valence-electron chi connectivity index (χ2n) is 1.23. The van der Waals surface area contributed by atoms with Crippen molar-refractivity contribution in [3.8, 4) is 0 Å². The van der Waals surface area contributed by atoms with Gasteiger partial charge in [0.2, 0.25) is 0 Å². The predicted octanol–water partition coefficient (Wildman–Crippen LogP) is -1.25. The standard InChI is InChI=1S/C4H11N3/c5-1-4(2-6)3-7/h1H,2-3,5-7H2. The maximum absolute atomic E-state index is 5.17. The van der Waals surface area contributed by atoms with Crippen molar-refractivity contribution in [2.45, 2.75) is 0 Å². The minimum atomic E-state index is 0.465. The molecule has 0 aromatic rings. The third-order valence-electron chi connectivity index (χ3n) is 0.760. The Labute approximate surface area is 43.2 Å². The van der Waals surface area contributed by atoms with Crippen LogP contribution in [0.1, 0.15) is 0 Å². The number of nitrogens with two attached hydrogens (primary N) is 3. The van der Waals surface area contributed by atoms with E-state index in [2.05, 4.69) is 0 Å². The first-order valence-electron chi connectivity index (χ1n) is 2.15. The second-order valence-corrected chi connectivity index (χ2v) is 1.23. The zero-order valence-electron chi connectivity index (χ0n) is 4.22. The fourth-order valence-electron chi connectivity index (χ4n) is 0.219. The molecule has 0 heterocycles. The van der Waals surface area contributed by atoms with Gasteiger partial charge < -0.3 is 17.2 Å². The molecule has 0 amide bonds. The van der Waals surface area contributed by atoms with Gasteiger partial charge in [-0.2, -0.15) is 0 Å². The van der Waals surface area contributed by atoms with Crippen molar-refractivity contribution in [1.82, 2.24) is 0 Å². The summed E-state index contributed by atoms with van der Waals surface area (Å²) in [7, 11) is 0. The Balaban J connectivity index is 3.38. The highest BCUT2D eigenvalue weighted by Crippen LogP contribution is 1.78. The van der Waals surface area contributed by atoms with Crippen LogP contribution in [0.25, 0.3) is 0 Å². The minimum Gasteiger partial charge on any atom is -0.405 e. The zero-order chi connectivity index (χ0) is 5.70. The Bertz CT molecular complexity index is 61.3. The van der Waals surface area contributed by atoms with Gasteiger partial charge in [0.25, 0.3) is 0 Å². The van der Waals surface area contributed by atoms with Gasteiger partial charge in [-0.3, -0.25) is 0 Å². The van der Waals surface area contributed by atoms with Gasteiger partial charge in [0.15, 0.2) is 0 Å². The van der Waals surface area contributed by atoms with E-state index in [4.69, 9.17) is 17.2 Å². The lowest BCUT2D eigenvalue weighted by Gasteiger charge is -1.93. The summed E-state index contributed by atoms with van der Waals surface area (Å²) in [5.74, 6) is 0. The second kappa shape index (κ2) is 3.64. The number of rotatable bonds is 2. The van der Waals surface area contributed by atoms with Crippen molar-refractivity contribution in [3.63, 3.8) is 0 Å². The molecule has 0 spiro atoms.